The van der Waals surface area contributed by atoms with Gasteiger partial charge in [0.15, 0.2) is 5.82 Å². The summed E-state index contributed by atoms with van der Waals surface area (Å²) in [5.74, 6) is 0.0250. The zero-order valence-corrected chi connectivity index (χ0v) is 20.0. The molecule has 4 aromatic rings. The van der Waals surface area contributed by atoms with Crippen molar-refractivity contribution in [2.24, 2.45) is 5.92 Å². The van der Waals surface area contributed by atoms with E-state index in [0.29, 0.717) is 29.4 Å². The van der Waals surface area contributed by atoms with E-state index in [-0.39, 0.29) is 12.6 Å². The van der Waals surface area contributed by atoms with Gasteiger partial charge in [-0.05, 0) is 61.2 Å². The van der Waals surface area contributed by atoms with Crippen LogP contribution in [0.3, 0.4) is 0 Å². The highest BCUT2D eigenvalue weighted by Gasteiger charge is 2.26. The van der Waals surface area contributed by atoms with Crippen LogP contribution in [0.15, 0.2) is 55.0 Å². The van der Waals surface area contributed by atoms with Crippen molar-refractivity contribution in [1.29, 1.82) is 0 Å². The van der Waals surface area contributed by atoms with E-state index in [4.69, 9.17) is 0 Å². The Kier molecular flexibility index (Phi) is 5.81. The lowest BCUT2D eigenvalue weighted by Crippen LogP contribution is -2.34. The minimum Gasteiger partial charge on any atom is -0.395 e. The molecule has 0 saturated carbocycles. The van der Waals surface area contributed by atoms with Gasteiger partial charge in [0, 0.05) is 61.3 Å². The van der Waals surface area contributed by atoms with E-state index in [1.165, 1.54) is 18.5 Å². The summed E-state index contributed by atoms with van der Waals surface area (Å²) >= 11 is 0. The molecule has 6 rings (SSSR count). The molecule has 186 valence electrons. The quantitative estimate of drug-likeness (QED) is 0.379. The fourth-order valence-electron chi connectivity index (χ4n) is 5.24. The third kappa shape index (κ3) is 4.08. The second kappa shape index (κ2) is 9.15. The van der Waals surface area contributed by atoms with E-state index in [1.54, 1.807) is 0 Å². The fraction of sp³-hybridized carbons (Fsp3) is 0.333. The topological polar surface area (TPSA) is 71.1 Å². The van der Waals surface area contributed by atoms with Gasteiger partial charge < -0.3 is 19.9 Å². The molecule has 1 saturated heterocycles. The van der Waals surface area contributed by atoms with E-state index < -0.39 is 11.6 Å². The van der Waals surface area contributed by atoms with Gasteiger partial charge in [0.1, 0.15) is 18.0 Å². The number of rotatable bonds is 6. The Hall–Kier alpha value is -3.56. The van der Waals surface area contributed by atoms with Crippen LogP contribution < -0.4 is 10.2 Å². The normalized spacial score (nSPS) is 17.4. The maximum Gasteiger partial charge on any atom is 0.179 e. The highest BCUT2D eigenvalue weighted by atomic mass is 19.1. The Bertz CT molecular complexity index is 1410. The standard InChI is InChI=1S/C27H28F2N6O/c1-17(15-36)30-11-18-6-7-33(12-18)22-3-5-25-20(8-22)14-34-13-19(23-4-2-21(28)10-24(23)29)9-26(34)27-31-16-32-35(25)27/h2-5,8-10,13,16-18,30,36H,6-7,11-12,14-15H2,1H3/t17-,18+/m1/s1. The molecule has 0 radical (unpaired) electrons. The number of benzene rings is 2. The number of nitrogens with zero attached hydrogens (tertiary/aromatic N) is 5. The summed E-state index contributed by atoms with van der Waals surface area (Å²) in [7, 11) is 0. The van der Waals surface area contributed by atoms with Crippen LogP contribution in [0.1, 0.15) is 18.9 Å². The average Bonchev–Trinajstić information content (AvgIpc) is 3.61. The van der Waals surface area contributed by atoms with Crippen molar-refractivity contribution < 1.29 is 13.9 Å². The van der Waals surface area contributed by atoms with E-state index in [0.717, 1.165) is 54.8 Å². The Morgan fingerprint density at radius 2 is 2.06 bits per heavy atom. The molecule has 0 amide bonds. The Morgan fingerprint density at radius 1 is 1.17 bits per heavy atom. The van der Waals surface area contributed by atoms with Gasteiger partial charge in [0.05, 0.1) is 18.0 Å². The summed E-state index contributed by atoms with van der Waals surface area (Å²) in [4.78, 5) is 6.90. The van der Waals surface area contributed by atoms with Crippen molar-refractivity contribution in [3.63, 3.8) is 0 Å². The predicted molar refractivity (Wildman–Crippen MR) is 134 cm³/mol. The number of anilines is 1. The van der Waals surface area contributed by atoms with Crippen molar-refractivity contribution in [3.8, 4) is 28.3 Å². The second-order valence-electron chi connectivity index (χ2n) is 9.77. The number of fused-ring (bicyclic) bond motifs is 5. The van der Waals surface area contributed by atoms with Crippen LogP contribution in [-0.4, -0.2) is 56.7 Å². The third-order valence-corrected chi connectivity index (χ3v) is 7.23. The van der Waals surface area contributed by atoms with Gasteiger partial charge in [-0.25, -0.2) is 18.4 Å². The number of aromatic nitrogens is 4. The maximum atomic E-state index is 14.5. The molecule has 0 aliphatic carbocycles. The molecule has 0 unspecified atom stereocenters. The third-order valence-electron chi connectivity index (χ3n) is 7.23. The van der Waals surface area contributed by atoms with Crippen LogP contribution in [0.25, 0.3) is 28.3 Å². The minimum absolute atomic E-state index is 0.104. The molecule has 9 heteroatoms. The number of hydrogen-bond donors (Lipinski definition) is 2. The molecule has 1 fully saturated rings. The number of aliphatic hydroxyl groups excluding tert-OH is 1. The summed E-state index contributed by atoms with van der Waals surface area (Å²) in [6, 6.07) is 12.1. The van der Waals surface area contributed by atoms with Gasteiger partial charge in [-0.2, -0.15) is 5.10 Å². The number of nitrogens with one attached hydrogen (secondary N) is 1. The van der Waals surface area contributed by atoms with Crippen molar-refractivity contribution in [3.05, 3.63) is 72.2 Å². The fourth-order valence-corrected chi connectivity index (χ4v) is 5.24. The van der Waals surface area contributed by atoms with Gasteiger partial charge in [-0.15, -0.1) is 0 Å². The zero-order valence-electron chi connectivity index (χ0n) is 20.0. The average molecular weight is 491 g/mol. The lowest BCUT2D eigenvalue weighted by molar-refractivity contribution is 0.247. The first-order chi connectivity index (χ1) is 17.5. The van der Waals surface area contributed by atoms with Crippen molar-refractivity contribution in [2.75, 3.05) is 31.1 Å². The molecule has 2 N–H and O–H groups in total. The summed E-state index contributed by atoms with van der Waals surface area (Å²) in [5, 5.41) is 17.2. The van der Waals surface area contributed by atoms with Gasteiger partial charge in [0.25, 0.3) is 0 Å². The SMILES string of the molecule is C[C@H](CO)NC[C@@H]1CCN(c2ccc3c(c2)Cn2cc(-c4ccc(F)cc4F)cc2-c2ncnn2-3)C1. The minimum atomic E-state index is -0.596. The molecule has 2 aliphatic rings. The van der Waals surface area contributed by atoms with Gasteiger partial charge >= 0.3 is 0 Å². The number of halogens is 2. The lowest BCUT2D eigenvalue weighted by Gasteiger charge is -2.21. The molecular formula is C27H28F2N6O. The van der Waals surface area contributed by atoms with Gasteiger partial charge in [-0.3, -0.25) is 0 Å². The van der Waals surface area contributed by atoms with Crippen LogP contribution >= 0.6 is 0 Å². The van der Waals surface area contributed by atoms with Crippen molar-refractivity contribution in [2.45, 2.75) is 25.9 Å². The Labute approximate surface area is 208 Å². The monoisotopic (exact) mass is 490 g/mol. The molecule has 2 aromatic heterocycles. The maximum absolute atomic E-state index is 14.5. The molecule has 4 heterocycles. The van der Waals surface area contributed by atoms with Crippen LogP contribution in [0.4, 0.5) is 14.5 Å². The van der Waals surface area contributed by atoms with E-state index in [2.05, 4.69) is 43.1 Å². The van der Waals surface area contributed by atoms with E-state index in [1.807, 2.05) is 23.9 Å². The summed E-state index contributed by atoms with van der Waals surface area (Å²) < 4.78 is 31.9. The molecule has 2 aromatic carbocycles. The molecule has 36 heavy (non-hydrogen) atoms. The van der Waals surface area contributed by atoms with Crippen LogP contribution in [0, 0.1) is 17.6 Å². The Morgan fingerprint density at radius 3 is 2.89 bits per heavy atom. The summed E-state index contributed by atoms with van der Waals surface area (Å²) in [6.45, 7) is 5.54. The molecule has 0 bridgehead atoms. The second-order valence-corrected chi connectivity index (χ2v) is 9.77. The molecule has 2 atom stereocenters. The van der Waals surface area contributed by atoms with Gasteiger partial charge in [0.2, 0.25) is 0 Å². The van der Waals surface area contributed by atoms with Crippen LogP contribution in [0.2, 0.25) is 0 Å². The van der Waals surface area contributed by atoms with E-state index >= 15 is 0 Å². The smallest absolute Gasteiger partial charge is 0.179 e. The zero-order chi connectivity index (χ0) is 24.8. The Balaban J connectivity index is 1.31. The number of hydrogen-bond acceptors (Lipinski definition) is 5. The van der Waals surface area contributed by atoms with Crippen LogP contribution in [0.5, 0.6) is 0 Å². The summed E-state index contributed by atoms with van der Waals surface area (Å²) in [5.41, 5.74) is 5.07. The van der Waals surface area contributed by atoms with Crippen LogP contribution in [-0.2, 0) is 6.54 Å². The van der Waals surface area contributed by atoms with Gasteiger partial charge in [-0.1, -0.05) is 0 Å². The summed E-state index contributed by atoms with van der Waals surface area (Å²) in [6.07, 6.45) is 4.52. The van der Waals surface area contributed by atoms with Crippen molar-refractivity contribution in [1.82, 2.24) is 24.6 Å². The molecule has 0 spiro atoms. The molecular weight excluding hydrogens is 462 g/mol. The first kappa shape index (κ1) is 22.9. The van der Waals surface area contributed by atoms with Crippen molar-refractivity contribution >= 4 is 5.69 Å². The first-order valence-corrected chi connectivity index (χ1v) is 12.3. The largest absolute Gasteiger partial charge is 0.395 e. The van der Waals surface area contributed by atoms with E-state index in [9.17, 15) is 13.9 Å². The molecule has 7 nitrogen and oxygen atoms in total. The lowest BCUT2D eigenvalue weighted by atomic mass is 10.1. The number of aliphatic hydroxyl groups is 1. The molecule has 2 aliphatic heterocycles. The highest BCUT2D eigenvalue weighted by Crippen LogP contribution is 2.36. The highest BCUT2D eigenvalue weighted by molar-refractivity contribution is 5.72. The predicted octanol–water partition coefficient (Wildman–Crippen LogP) is 3.84. The first-order valence-electron chi connectivity index (χ1n) is 12.3.